The first-order valence-corrected chi connectivity index (χ1v) is 4.96. The zero-order chi connectivity index (χ0) is 13.7. The fourth-order valence-electron chi connectivity index (χ4n) is 1.35. The molecular weight excluding hydrogens is 250 g/mol. The van der Waals surface area contributed by atoms with Crippen LogP contribution in [0.3, 0.4) is 0 Å². The summed E-state index contributed by atoms with van der Waals surface area (Å²) in [6.45, 7) is -3.02. The van der Waals surface area contributed by atoms with Gasteiger partial charge in [0.15, 0.2) is 17.6 Å². The van der Waals surface area contributed by atoms with Crippen molar-refractivity contribution in [3.63, 3.8) is 0 Å². The summed E-state index contributed by atoms with van der Waals surface area (Å²) < 4.78 is 33.3. The molecule has 18 heavy (non-hydrogen) atoms. The molecule has 1 aromatic rings. The topological polar surface area (TPSA) is 76.0 Å². The molecule has 0 aliphatic heterocycles. The first-order chi connectivity index (χ1) is 8.43. The summed E-state index contributed by atoms with van der Waals surface area (Å²) in [6.07, 6.45) is -1.81. The Bertz CT molecular complexity index is 422. The number of hydrogen-bond donors (Lipinski definition) is 2. The summed E-state index contributed by atoms with van der Waals surface area (Å²) in [4.78, 5) is 10.5. The number of aliphatic hydroxyl groups is 1. The third kappa shape index (κ3) is 3.85. The van der Waals surface area contributed by atoms with E-state index in [1.54, 1.807) is 0 Å². The fourth-order valence-corrected chi connectivity index (χ4v) is 1.35. The van der Waals surface area contributed by atoms with Crippen molar-refractivity contribution in [2.45, 2.75) is 19.1 Å². The zero-order valence-electron chi connectivity index (χ0n) is 9.47. The number of aliphatic hydroxyl groups excluding tert-OH is 1. The lowest BCUT2D eigenvalue weighted by molar-refractivity contribution is -0.146. The maximum Gasteiger partial charge on any atom is 0.387 e. The van der Waals surface area contributed by atoms with Gasteiger partial charge in [0.05, 0.1) is 7.11 Å². The SMILES string of the molecule is COc1ccc(CC(O)C(=O)O)cc1OC(F)F. The second-order valence-corrected chi connectivity index (χ2v) is 3.42. The molecule has 0 spiro atoms. The van der Waals surface area contributed by atoms with Crippen LogP contribution in [0.4, 0.5) is 8.78 Å². The molecule has 1 unspecified atom stereocenters. The molecular formula is C11H12F2O5. The molecule has 0 saturated heterocycles. The van der Waals surface area contributed by atoms with Gasteiger partial charge >= 0.3 is 12.6 Å². The van der Waals surface area contributed by atoms with E-state index in [1.165, 1.54) is 25.3 Å². The molecule has 1 aromatic carbocycles. The normalized spacial score (nSPS) is 12.3. The standard InChI is InChI=1S/C11H12F2O5/c1-17-8-3-2-6(4-7(14)10(15)16)5-9(8)18-11(12)13/h2-3,5,7,11,14H,4H2,1H3,(H,15,16). The number of alkyl halides is 2. The molecule has 1 rings (SSSR count). The van der Waals surface area contributed by atoms with Gasteiger partial charge in [0.1, 0.15) is 0 Å². The summed E-state index contributed by atoms with van der Waals surface area (Å²) in [5.41, 5.74) is 0.348. The van der Waals surface area contributed by atoms with Crippen molar-refractivity contribution in [3.05, 3.63) is 23.8 Å². The van der Waals surface area contributed by atoms with Crippen molar-refractivity contribution in [2.75, 3.05) is 7.11 Å². The molecule has 0 amide bonds. The molecule has 0 bridgehead atoms. The van der Waals surface area contributed by atoms with E-state index < -0.39 is 18.7 Å². The summed E-state index contributed by atoms with van der Waals surface area (Å²) in [5, 5.41) is 17.7. The molecule has 0 aliphatic rings. The average molecular weight is 262 g/mol. The van der Waals surface area contributed by atoms with E-state index in [9.17, 15) is 13.6 Å². The number of aliphatic carboxylic acids is 1. The molecule has 100 valence electrons. The minimum absolute atomic E-state index is 0.101. The number of carboxylic acids is 1. The molecule has 5 nitrogen and oxygen atoms in total. The monoisotopic (exact) mass is 262 g/mol. The Hall–Kier alpha value is -1.89. The highest BCUT2D eigenvalue weighted by atomic mass is 19.3. The van der Waals surface area contributed by atoms with Gasteiger partial charge in [-0.05, 0) is 17.7 Å². The highest BCUT2D eigenvalue weighted by Crippen LogP contribution is 2.29. The minimum Gasteiger partial charge on any atom is -0.493 e. The molecule has 0 fully saturated rings. The van der Waals surface area contributed by atoms with Gasteiger partial charge in [0.2, 0.25) is 0 Å². The molecule has 0 saturated carbocycles. The number of methoxy groups -OCH3 is 1. The number of ether oxygens (including phenoxy) is 2. The molecule has 0 radical (unpaired) electrons. The highest BCUT2D eigenvalue weighted by molar-refractivity contribution is 5.72. The largest absolute Gasteiger partial charge is 0.493 e. The van der Waals surface area contributed by atoms with E-state index in [-0.39, 0.29) is 17.9 Å². The third-order valence-corrected chi connectivity index (χ3v) is 2.16. The van der Waals surface area contributed by atoms with Gasteiger partial charge in [-0.2, -0.15) is 8.78 Å². The Morgan fingerprint density at radius 3 is 2.56 bits per heavy atom. The van der Waals surface area contributed by atoms with Crippen LogP contribution in [-0.2, 0) is 11.2 Å². The van der Waals surface area contributed by atoms with Crippen LogP contribution in [0.25, 0.3) is 0 Å². The van der Waals surface area contributed by atoms with Crippen molar-refractivity contribution in [1.82, 2.24) is 0 Å². The van der Waals surface area contributed by atoms with E-state index in [2.05, 4.69) is 4.74 Å². The van der Waals surface area contributed by atoms with Crippen LogP contribution in [0.5, 0.6) is 11.5 Å². The molecule has 0 heterocycles. The van der Waals surface area contributed by atoms with Gasteiger partial charge in [-0.15, -0.1) is 0 Å². The number of benzene rings is 1. The quantitative estimate of drug-likeness (QED) is 0.807. The first kappa shape index (κ1) is 14.2. The van der Waals surface area contributed by atoms with Gasteiger partial charge in [-0.1, -0.05) is 6.07 Å². The fraction of sp³-hybridized carbons (Fsp3) is 0.364. The summed E-state index contributed by atoms with van der Waals surface area (Å²) >= 11 is 0. The molecule has 0 aromatic heterocycles. The number of carbonyl (C=O) groups is 1. The van der Waals surface area contributed by atoms with Gasteiger partial charge in [-0.3, -0.25) is 0 Å². The van der Waals surface area contributed by atoms with Crippen molar-refractivity contribution in [1.29, 1.82) is 0 Å². The van der Waals surface area contributed by atoms with Crippen LogP contribution >= 0.6 is 0 Å². The number of hydrogen-bond acceptors (Lipinski definition) is 4. The van der Waals surface area contributed by atoms with Crippen LogP contribution in [0.2, 0.25) is 0 Å². The number of halogens is 2. The van der Waals surface area contributed by atoms with Crippen LogP contribution < -0.4 is 9.47 Å². The Kier molecular flexibility index (Phi) is 4.85. The van der Waals surface area contributed by atoms with Gasteiger partial charge < -0.3 is 19.7 Å². The van der Waals surface area contributed by atoms with Crippen LogP contribution in [-0.4, -0.2) is 36.0 Å². The van der Waals surface area contributed by atoms with Crippen LogP contribution in [0.15, 0.2) is 18.2 Å². The summed E-state index contributed by atoms with van der Waals surface area (Å²) in [5.74, 6) is -1.49. The highest BCUT2D eigenvalue weighted by Gasteiger charge is 2.16. The van der Waals surface area contributed by atoms with E-state index in [0.717, 1.165) is 0 Å². The zero-order valence-corrected chi connectivity index (χ0v) is 9.47. The van der Waals surface area contributed by atoms with E-state index in [1.807, 2.05) is 0 Å². The summed E-state index contributed by atoms with van der Waals surface area (Å²) in [7, 11) is 1.29. The maximum atomic E-state index is 12.1. The Labute approximate surface area is 102 Å². The first-order valence-electron chi connectivity index (χ1n) is 4.96. The predicted molar refractivity (Wildman–Crippen MR) is 57.0 cm³/mol. The van der Waals surface area contributed by atoms with Crippen LogP contribution in [0.1, 0.15) is 5.56 Å². The molecule has 2 N–H and O–H groups in total. The Morgan fingerprint density at radius 1 is 1.39 bits per heavy atom. The molecule has 7 heteroatoms. The molecule has 0 aliphatic carbocycles. The van der Waals surface area contributed by atoms with Crippen molar-refractivity contribution in [3.8, 4) is 11.5 Å². The lowest BCUT2D eigenvalue weighted by atomic mass is 10.1. The average Bonchev–Trinajstić information content (AvgIpc) is 2.28. The predicted octanol–water partition coefficient (Wildman–Crippen LogP) is 1.28. The second kappa shape index (κ2) is 6.15. The van der Waals surface area contributed by atoms with E-state index in [4.69, 9.17) is 14.9 Å². The maximum absolute atomic E-state index is 12.1. The van der Waals surface area contributed by atoms with Crippen molar-refractivity contribution < 1.29 is 33.3 Å². The second-order valence-electron chi connectivity index (χ2n) is 3.42. The van der Waals surface area contributed by atoms with Crippen LogP contribution in [0, 0.1) is 0 Å². The van der Waals surface area contributed by atoms with E-state index in [0.29, 0.717) is 5.56 Å². The summed E-state index contributed by atoms with van der Waals surface area (Å²) in [6, 6.07) is 4.03. The van der Waals surface area contributed by atoms with Gasteiger partial charge in [0, 0.05) is 6.42 Å². The van der Waals surface area contributed by atoms with Crippen molar-refractivity contribution in [2.24, 2.45) is 0 Å². The third-order valence-electron chi connectivity index (χ3n) is 2.16. The van der Waals surface area contributed by atoms with E-state index >= 15 is 0 Å². The number of carboxylic acid groups (broad SMARTS) is 1. The smallest absolute Gasteiger partial charge is 0.387 e. The van der Waals surface area contributed by atoms with Gasteiger partial charge in [0.25, 0.3) is 0 Å². The minimum atomic E-state index is -3.02. The van der Waals surface area contributed by atoms with Gasteiger partial charge in [-0.25, -0.2) is 4.79 Å². The Balaban J connectivity index is 2.91. The number of rotatable bonds is 6. The van der Waals surface area contributed by atoms with Crippen molar-refractivity contribution >= 4 is 5.97 Å². The molecule has 1 atom stereocenters. The lowest BCUT2D eigenvalue weighted by Crippen LogP contribution is -2.22. The lowest BCUT2D eigenvalue weighted by Gasteiger charge is -2.12. The Morgan fingerprint density at radius 2 is 2.06 bits per heavy atom.